The second kappa shape index (κ2) is 8.71. The number of para-hydroxylation sites is 1. The molecule has 33 heavy (non-hydrogen) atoms. The van der Waals surface area contributed by atoms with E-state index in [4.69, 9.17) is 0 Å². The number of benzene rings is 2. The molecule has 3 amide bonds. The van der Waals surface area contributed by atoms with Gasteiger partial charge in [0.1, 0.15) is 6.54 Å². The maximum atomic E-state index is 12.9. The van der Waals surface area contributed by atoms with Gasteiger partial charge in [0, 0.05) is 24.0 Å². The second-order valence-corrected chi connectivity index (χ2v) is 10.4. The van der Waals surface area contributed by atoms with Gasteiger partial charge in [-0.2, -0.15) is 0 Å². The molecular weight excluding hydrogens is 434 g/mol. The zero-order valence-electron chi connectivity index (χ0n) is 19.6. The summed E-state index contributed by atoms with van der Waals surface area (Å²) in [6, 6.07) is 13.5. The molecule has 2 aliphatic heterocycles. The predicted octanol–water partition coefficient (Wildman–Crippen LogP) is 5.39. The van der Waals surface area contributed by atoms with Crippen molar-refractivity contribution in [2.75, 3.05) is 23.8 Å². The molecule has 0 saturated carbocycles. The summed E-state index contributed by atoms with van der Waals surface area (Å²) >= 11 is 0.875. The van der Waals surface area contributed by atoms with Crippen molar-refractivity contribution >= 4 is 46.3 Å². The Bertz CT molecular complexity index is 1170. The number of fused-ring (bicyclic) bond motifs is 1. The van der Waals surface area contributed by atoms with Gasteiger partial charge in [0.05, 0.1) is 4.91 Å². The predicted molar refractivity (Wildman–Crippen MR) is 134 cm³/mol. The molecule has 0 radical (unpaired) electrons. The van der Waals surface area contributed by atoms with Crippen molar-refractivity contribution in [2.45, 2.75) is 45.6 Å². The van der Waals surface area contributed by atoms with Crippen LogP contribution in [0.1, 0.15) is 49.8 Å². The fourth-order valence-corrected chi connectivity index (χ4v) is 5.36. The number of carbonyl (C=O) groups excluding carboxylic acids is 3. The molecule has 1 saturated heterocycles. The first-order chi connectivity index (χ1) is 15.6. The van der Waals surface area contributed by atoms with Crippen molar-refractivity contribution < 1.29 is 14.4 Å². The first-order valence-electron chi connectivity index (χ1n) is 11.1. The summed E-state index contributed by atoms with van der Waals surface area (Å²) in [5.41, 5.74) is 4.97. The zero-order chi connectivity index (χ0) is 23.9. The van der Waals surface area contributed by atoms with E-state index in [0.29, 0.717) is 16.5 Å². The number of hydrogen-bond acceptors (Lipinski definition) is 5. The van der Waals surface area contributed by atoms with Crippen molar-refractivity contribution in [3.8, 4) is 0 Å². The molecule has 2 aromatic rings. The van der Waals surface area contributed by atoms with Crippen LogP contribution < -0.4 is 10.2 Å². The van der Waals surface area contributed by atoms with Gasteiger partial charge in [0.25, 0.3) is 11.1 Å². The van der Waals surface area contributed by atoms with Gasteiger partial charge < -0.3 is 10.2 Å². The van der Waals surface area contributed by atoms with E-state index in [1.807, 2.05) is 31.2 Å². The number of thioether (sulfide) groups is 1. The number of nitrogens with zero attached hydrogens (tertiary/aromatic N) is 2. The molecule has 2 aromatic carbocycles. The smallest absolute Gasteiger partial charge is 0.294 e. The number of nitrogens with one attached hydrogen (secondary N) is 1. The number of amides is 3. The Morgan fingerprint density at radius 3 is 2.67 bits per heavy atom. The van der Waals surface area contributed by atoms with Gasteiger partial charge in [-0.25, -0.2) is 0 Å². The third-order valence-corrected chi connectivity index (χ3v) is 7.46. The quantitative estimate of drug-likeness (QED) is 0.616. The molecule has 0 aromatic heterocycles. The van der Waals surface area contributed by atoms with Crippen molar-refractivity contribution in [3.05, 3.63) is 64.1 Å². The highest BCUT2D eigenvalue weighted by Gasteiger charge is 2.37. The number of hydrogen-bond donors (Lipinski definition) is 1. The Labute approximate surface area is 199 Å². The van der Waals surface area contributed by atoms with Crippen LogP contribution in [0.3, 0.4) is 0 Å². The Kier molecular flexibility index (Phi) is 6.10. The van der Waals surface area contributed by atoms with Crippen LogP contribution in [0, 0.1) is 6.92 Å². The van der Waals surface area contributed by atoms with Gasteiger partial charge in [-0.15, -0.1) is 0 Å². The van der Waals surface area contributed by atoms with Gasteiger partial charge in [-0.1, -0.05) is 31.2 Å². The summed E-state index contributed by atoms with van der Waals surface area (Å²) < 4.78 is 0. The van der Waals surface area contributed by atoms with E-state index >= 15 is 0 Å². The molecule has 1 fully saturated rings. The summed E-state index contributed by atoms with van der Waals surface area (Å²) in [6.07, 6.45) is 2.78. The van der Waals surface area contributed by atoms with Gasteiger partial charge in [0.15, 0.2) is 0 Å². The summed E-state index contributed by atoms with van der Waals surface area (Å²) in [4.78, 5) is 41.5. The van der Waals surface area contributed by atoms with Crippen LogP contribution in [-0.4, -0.2) is 41.1 Å². The van der Waals surface area contributed by atoms with Crippen LogP contribution in [0.15, 0.2) is 47.4 Å². The monoisotopic (exact) mass is 463 g/mol. The van der Waals surface area contributed by atoms with Crippen molar-refractivity contribution in [2.24, 2.45) is 0 Å². The minimum absolute atomic E-state index is 0.0788. The Morgan fingerprint density at radius 2 is 1.94 bits per heavy atom. The summed E-state index contributed by atoms with van der Waals surface area (Å²) in [6.45, 7) is 8.28. The number of carbonyl (C=O) groups is 3. The fraction of sp³-hybridized carbons (Fsp3) is 0.346. The third-order valence-electron chi connectivity index (χ3n) is 6.55. The van der Waals surface area contributed by atoms with Crippen molar-refractivity contribution in [1.29, 1.82) is 0 Å². The molecule has 2 heterocycles. The van der Waals surface area contributed by atoms with Gasteiger partial charge in [-0.3, -0.25) is 19.3 Å². The summed E-state index contributed by atoms with van der Waals surface area (Å²) in [5.74, 6) is -0.449. The topological polar surface area (TPSA) is 69.7 Å². The van der Waals surface area contributed by atoms with E-state index < -0.39 is 17.1 Å². The van der Waals surface area contributed by atoms with Crippen LogP contribution in [-0.2, 0) is 9.59 Å². The van der Waals surface area contributed by atoms with E-state index in [1.54, 1.807) is 12.1 Å². The molecule has 4 rings (SSSR count). The average molecular weight is 464 g/mol. The van der Waals surface area contributed by atoms with Gasteiger partial charge >= 0.3 is 0 Å². The van der Waals surface area contributed by atoms with E-state index in [2.05, 4.69) is 50.2 Å². The number of imide groups is 1. The maximum Gasteiger partial charge on any atom is 0.294 e. The highest BCUT2D eigenvalue weighted by Crippen LogP contribution is 2.43. The summed E-state index contributed by atoms with van der Waals surface area (Å²) in [5, 5.41) is 2.34. The minimum Gasteiger partial charge on any atom is -0.369 e. The first kappa shape index (κ1) is 23.1. The Morgan fingerprint density at radius 1 is 1.21 bits per heavy atom. The molecule has 0 bridgehead atoms. The molecule has 0 aliphatic carbocycles. The molecule has 1 atom stereocenters. The lowest BCUT2D eigenvalue weighted by Crippen LogP contribution is -2.45. The van der Waals surface area contributed by atoms with Crippen LogP contribution in [0.25, 0.3) is 6.08 Å². The molecule has 6 nitrogen and oxygen atoms in total. The second-order valence-electron chi connectivity index (χ2n) is 9.43. The fourth-order valence-electron chi connectivity index (χ4n) is 4.52. The molecule has 2 aliphatic rings. The van der Waals surface area contributed by atoms with Crippen LogP contribution in [0.5, 0.6) is 0 Å². The maximum absolute atomic E-state index is 12.9. The van der Waals surface area contributed by atoms with E-state index in [9.17, 15) is 14.4 Å². The van der Waals surface area contributed by atoms with Crippen LogP contribution in [0.2, 0.25) is 0 Å². The van der Waals surface area contributed by atoms with Crippen molar-refractivity contribution in [1.82, 2.24) is 4.90 Å². The van der Waals surface area contributed by atoms with E-state index in [1.165, 1.54) is 11.3 Å². The average Bonchev–Trinajstić information content (AvgIpc) is 3.01. The molecular formula is C26H29N3O3S. The SMILES string of the molecule is Cc1ccccc1NC(=O)CN1C(=O)S/C(=C\c2ccc3c(c2)[C@H](C)CC(C)(C)N3C)C1=O. The third kappa shape index (κ3) is 4.55. The first-order valence-corrected chi connectivity index (χ1v) is 11.9. The highest BCUT2D eigenvalue weighted by molar-refractivity contribution is 8.18. The van der Waals surface area contributed by atoms with Gasteiger partial charge in [0.2, 0.25) is 5.91 Å². The van der Waals surface area contributed by atoms with Crippen LogP contribution in [0.4, 0.5) is 16.2 Å². The minimum atomic E-state index is -0.436. The van der Waals surface area contributed by atoms with Crippen molar-refractivity contribution in [3.63, 3.8) is 0 Å². The highest BCUT2D eigenvalue weighted by atomic mass is 32.2. The molecule has 0 spiro atoms. The molecule has 172 valence electrons. The Balaban J connectivity index is 1.51. The lowest BCUT2D eigenvalue weighted by molar-refractivity contribution is -0.127. The number of aryl methyl sites for hydroxylation is 1. The number of rotatable bonds is 4. The lowest BCUT2D eigenvalue weighted by atomic mass is 9.80. The van der Waals surface area contributed by atoms with E-state index in [-0.39, 0.29) is 12.1 Å². The largest absolute Gasteiger partial charge is 0.369 e. The Hall–Kier alpha value is -3.06. The lowest BCUT2D eigenvalue weighted by Gasteiger charge is -2.45. The standard InChI is InChI=1S/C26H29N3O3S/c1-16-8-6-7-9-20(16)27-23(30)15-29-24(31)22(33-25(29)32)13-18-10-11-21-19(12-18)17(2)14-26(3,4)28(21)5/h6-13,17H,14-15H2,1-5H3,(H,27,30)/b22-13-/t17-/m1/s1. The normalized spacial score (nSPS) is 20.9. The van der Waals surface area contributed by atoms with Gasteiger partial charge in [-0.05, 0) is 85.8 Å². The number of anilines is 2. The van der Waals surface area contributed by atoms with Crippen LogP contribution >= 0.6 is 11.8 Å². The molecule has 7 heteroatoms. The summed E-state index contributed by atoms with van der Waals surface area (Å²) in [7, 11) is 2.11. The molecule has 0 unspecified atom stereocenters. The zero-order valence-corrected chi connectivity index (χ0v) is 20.5. The molecule has 1 N–H and O–H groups in total. The van der Waals surface area contributed by atoms with E-state index in [0.717, 1.165) is 34.2 Å².